The molecule has 3 aromatic carbocycles. The fraction of sp³-hybridized carbons (Fsp3) is 0.0625. The van der Waals surface area contributed by atoms with Gasteiger partial charge in [-0.1, -0.05) is 42.5 Å². The number of benzene rings is 3. The Balaban J connectivity index is 2.66. The number of rotatable bonds is 1. The van der Waals surface area contributed by atoms with Crippen molar-refractivity contribution >= 4 is 27.8 Å². The van der Waals surface area contributed by atoms with E-state index in [1.54, 1.807) is 0 Å². The van der Waals surface area contributed by atoms with Gasteiger partial charge in [-0.25, -0.2) is 0 Å². The minimum absolute atomic E-state index is 0.766. The first-order valence-electron chi connectivity index (χ1n) is 5.67. The van der Waals surface area contributed by atoms with Crippen molar-refractivity contribution in [3.8, 4) is 0 Å². The Morgan fingerprint density at radius 1 is 0.941 bits per heavy atom. The highest BCUT2D eigenvalue weighted by atomic mass is 16.1. The average Bonchev–Trinajstić information content (AvgIpc) is 2.38. The Kier molecular flexibility index (Phi) is 2.19. The van der Waals surface area contributed by atoms with Gasteiger partial charge in [0, 0.05) is 5.56 Å². The second kappa shape index (κ2) is 3.70. The lowest BCUT2D eigenvalue weighted by Crippen LogP contribution is -1.88. The molecule has 82 valence electrons. The smallest absolute Gasteiger partial charge is 0.150 e. The monoisotopic (exact) mass is 220 g/mol. The summed E-state index contributed by atoms with van der Waals surface area (Å²) in [4.78, 5) is 11.2. The van der Waals surface area contributed by atoms with E-state index < -0.39 is 0 Å². The van der Waals surface area contributed by atoms with Crippen LogP contribution in [-0.2, 0) is 0 Å². The molecule has 0 saturated heterocycles. The number of carbonyl (C=O) groups excluding carboxylic acids is 1. The molecule has 0 fully saturated rings. The fourth-order valence-electron chi connectivity index (χ4n) is 2.46. The van der Waals surface area contributed by atoms with Crippen molar-refractivity contribution in [2.24, 2.45) is 0 Å². The maximum absolute atomic E-state index is 11.2. The van der Waals surface area contributed by atoms with Crippen LogP contribution in [0.2, 0.25) is 0 Å². The van der Waals surface area contributed by atoms with E-state index in [-0.39, 0.29) is 0 Å². The quantitative estimate of drug-likeness (QED) is 0.445. The molecule has 0 aromatic heterocycles. The van der Waals surface area contributed by atoms with Crippen LogP contribution in [0, 0.1) is 6.92 Å². The van der Waals surface area contributed by atoms with Gasteiger partial charge in [0.15, 0.2) is 6.29 Å². The summed E-state index contributed by atoms with van der Waals surface area (Å²) in [6.45, 7) is 2.09. The molecular formula is C16H12O. The van der Waals surface area contributed by atoms with Crippen LogP contribution in [0.1, 0.15) is 15.9 Å². The highest BCUT2D eigenvalue weighted by Gasteiger charge is 2.07. The zero-order chi connectivity index (χ0) is 11.8. The topological polar surface area (TPSA) is 17.1 Å². The van der Waals surface area contributed by atoms with Gasteiger partial charge in [-0.05, 0) is 40.1 Å². The normalized spacial score (nSPS) is 10.9. The van der Waals surface area contributed by atoms with Crippen LogP contribution in [-0.4, -0.2) is 6.29 Å². The van der Waals surface area contributed by atoms with Crippen molar-refractivity contribution < 1.29 is 4.79 Å². The highest BCUT2D eigenvalue weighted by Crippen LogP contribution is 2.30. The maximum Gasteiger partial charge on any atom is 0.150 e. The van der Waals surface area contributed by atoms with Gasteiger partial charge in [0.05, 0.1) is 0 Å². The zero-order valence-corrected chi connectivity index (χ0v) is 9.60. The molecule has 0 aliphatic heterocycles. The molecule has 0 unspecified atom stereocenters. The first kappa shape index (κ1) is 10.0. The van der Waals surface area contributed by atoms with E-state index >= 15 is 0 Å². The number of aldehydes is 1. The van der Waals surface area contributed by atoms with Crippen molar-refractivity contribution in [1.29, 1.82) is 0 Å². The summed E-state index contributed by atoms with van der Waals surface area (Å²) in [7, 11) is 0. The molecule has 0 bridgehead atoms. The average molecular weight is 220 g/mol. The first-order valence-corrected chi connectivity index (χ1v) is 5.67. The van der Waals surface area contributed by atoms with Gasteiger partial charge >= 0.3 is 0 Å². The molecule has 0 atom stereocenters. The van der Waals surface area contributed by atoms with Crippen LogP contribution in [0.15, 0.2) is 48.5 Å². The summed E-state index contributed by atoms with van der Waals surface area (Å²) >= 11 is 0. The lowest BCUT2D eigenvalue weighted by Gasteiger charge is -2.09. The Labute approximate surface area is 99.7 Å². The lowest BCUT2D eigenvalue weighted by atomic mass is 9.95. The Morgan fingerprint density at radius 2 is 1.71 bits per heavy atom. The van der Waals surface area contributed by atoms with Gasteiger partial charge in [-0.3, -0.25) is 4.79 Å². The van der Waals surface area contributed by atoms with Crippen molar-refractivity contribution in [3.05, 3.63) is 59.7 Å². The summed E-state index contributed by atoms with van der Waals surface area (Å²) in [5.41, 5.74) is 1.98. The largest absolute Gasteiger partial charge is 0.298 e. The summed E-state index contributed by atoms with van der Waals surface area (Å²) in [5.74, 6) is 0. The van der Waals surface area contributed by atoms with E-state index in [1.165, 1.54) is 16.3 Å². The van der Waals surface area contributed by atoms with E-state index in [9.17, 15) is 4.79 Å². The number of hydrogen-bond donors (Lipinski definition) is 0. The van der Waals surface area contributed by atoms with Crippen molar-refractivity contribution in [2.75, 3.05) is 0 Å². The van der Waals surface area contributed by atoms with Gasteiger partial charge in [-0.15, -0.1) is 0 Å². The van der Waals surface area contributed by atoms with Gasteiger partial charge < -0.3 is 0 Å². The van der Waals surface area contributed by atoms with E-state index in [1.807, 2.05) is 36.4 Å². The minimum Gasteiger partial charge on any atom is -0.298 e. The molecule has 0 spiro atoms. The Bertz CT molecular complexity index is 726. The predicted molar refractivity (Wildman–Crippen MR) is 71.6 cm³/mol. The molecule has 17 heavy (non-hydrogen) atoms. The second-order valence-corrected chi connectivity index (χ2v) is 4.30. The van der Waals surface area contributed by atoms with E-state index in [0.29, 0.717) is 0 Å². The summed E-state index contributed by atoms with van der Waals surface area (Å²) in [5, 5.41) is 4.56. The van der Waals surface area contributed by atoms with Gasteiger partial charge in [0.25, 0.3) is 0 Å². The Hall–Kier alpha value is -2.15. The molecular weight excluding hydrogens is 208 g/mol. The summed E-state index contributed by atoms with van der Waals surface area (Å²) in [6.07, 6.45) is 0.939. The third-order valence-corrected chi connectivity index (χ3v) is 3.25. The SMILES string of the molecule is Cc1cccc2c(C=O)cc3ccccc3c12. The van der Waals surface area contributed by atoms with Crippen molar-refractivity contribution in [1.82, 2.24) is 0 Å². The van der Waals surface area contributed by atoms with Gasteiger partial charge in [0.1, 0.15) is 0 Å². The highest BCUT2D eigenvalue weighted by molar-refractivity contribution is 6.14. The molecule has 0 heterocycles. The molecule has 1 heteroatoms. The van der Waals surface area contributed by atoms with Crippen molar-refractivity contribution in [3.63, 3.8) is 0 Å². The third-order valence-electron chi connectivity index (χ3n) is 3.25. The third kappa shape index (κ3) is 1.43. The minimum atomic E-state index is 0.766. The van der Waals surface area contributed by atoms with Crippen LogP contribution in [0.5, 0.6) is 0 Å². The van der Waals surface area contributed by atoms with Crippen molar-refractivity contribution in [2.45, 2.75) is 6.92 Å². The summed E-state index contributed by atoms with van der Waals surface area (Å²) in [6, 6.07) is 16.3. The molecule has 3 rings (SSSR count). The molecule has 0 aliphatic rings. The standard InChI is InChI=1S/C16H12O/c1-11-5-4-8-15-13(10-17)9-12-6-2-3-7-14(12)16(11)15/h2-10H,1H3. The van der Waals surface area contributed by atoms with Crippen LogP contribution >= 0.6 is 0 Å². The second-order valence-electron chi connectivity index (χ2n) is 4.30. The van der Waals surface area contributed by atoms with E-state index in [0.717, 1.165) is 22.6 Å². The number of carbonyl (C=O) groups is 1. The first-order chi connectivity index (χ1) is 8.31. The lowest BCUT2D eigenvalue weighted by molar-refractivity contribution is 0.112. The predicted octanol–water partition coefficient (Wildman–Crippen LogP) is 4.11. The van der Waals surface area contributed by atoms with Crippen LogP contribution < -0.4 is 0 Å². The fourth-order valence-corrected chi connectivity index (χ4v) is 2.46. The zero-order valence-electron chi connectivity index (χ0n) is 9.60. The molecule has 1 nitrogen and oxygen atoms in total. The van der Waals surface area contributed by atoms with Crippen LogP contribution in [0.4, 0.5) is 0 Å². The van der Waals surface area contributed by atoms with E-state index in [4.69, 9.17) is 0 Å². The number of hydrogen-bond acceptors (Lipinski definition) is 1. The van der Waals surface area contributed by atoms with Gasteiger partial charge in [-0.2, -0.15) is 0 Å². The summed E-state index contributed by atoms with van der Waals surface area (Å²) < 4.78 is 0. The number of fused-ring (bicyclic) bond motifs is 3. The molecule has 0 amide bonds. The number of aryl methyl sites for hydroxylation is 1. The molecule has 0 aliphatic carbocycles. The molecule has 3 aromatic rings. The molecule has 0 radical (unpaired) electrons. The Morgan fingerprint density at radius 3 is 2.53 bits per heavy atom. The molecule has 0 saturated carbocycles. The van der Waals surface area contributed by atoms with Crippen LogP contribution in [0.3, 0.4) is 0 Å². The van der Waals surface area contributed by atoms with Gasteiger partial charge in [0.2, 0.25) is 0 Å². The van der Waals surface area contributed by atoms with E-state index in [2.05, 4.69) is 19.1 Å². The maximum atomic E-state index is 11.2. The van der Waals surface area contributed by atoms with Crippen LogP contribution in [0.25, 0.3) is 21.5 Å². The molecule has 0 N–H and O–H groups in total.